The van der Waals surface area contributed by atoms with Crippen LogP contribution in [0.4, 0.5) is 0 Å². The van der Waals surface area contributed by atoms with Crippen LogP contribution in [0.15, 0.2) is 71.7 Å². The molecule has 4 aromatic rings. The van der Waals surface area contributed by atoms with Crippen molar-refractivity contribution in [2.45, 2.75) is 6.42 Å². The Hall–Kier alpha value is -4.13. The molecule has 0 saturated heterocycles. The van der Waals surface area contributed by atoms with Crippen LogP contribution in [0.25, 0.3) is 16.7 Å². The lowest BCUT2D eigenvalue weighted by molar-refractivity contribution is 0.0989. The highest BCUT2D eigenvalue weighted by molar-refractivity contribution is 6.04. The SMILES string of the molecule is COc1ccc(CC(=O)c2c(O)c3cccnc3n(-c3ccccc3)c2=O)cc1OC. The monoisotopic (exact) mass is 416 g/mol. The number of Topliss-reactive ketones (excluding diaryl/α,β-unsaturated/α-hetero) is 1. The van der Waals surface area contributed by atoms with Crippen LogP contribution in [-0.4, -0.2) is 34.7 Å². The van der Waals surface area contributed by atoms with E-state index in [9.17, 15) is 14.7 Å². The fourth-order valence-electron chi connectivity index (χ4n) is 3.54. The van der Waals surface area contributed by atoms with E-state index in [0.29, 0.717) is 28.1 Å². The maximum Gasteiger partial charge on any atom is 0.271 e. The van der Waals surface area contributed by atoms with Crippen molar-refractivity contribution in [3.8, 4) is 22.9 Å². The third kappa shape index (κ3) is 3.61. The van der Waals surface area contributed by atoms with Gasteiger partial charge in [0.05, 0.1) is 25.3 Å². The van der Waals surface area contributed by atoms with Gasteiger partial charge in [-0.3, -0.25) is 14.2 Å². The third-order valence-corrected chi connectivity index (χ3v) is 5.01. The molecular formula is C24H20N2O5. The van der Waals surface area contributed by atoms with Crippen molar-refractivity contribution >= 4 is 16.8 Å². The second kappa shape index (κ2) is 8.31. The summed E-state index contributed by atoms with van der Waals surface area (Å²) in [5.74, 6) is 0.127. The zero-order valence-electron chi connectivity index (χ0n) is 17.0. The molecule has 7 heteroatoms. The molecule has 0 aliphatic heterocycles. The Morgan fingerprint density at radius 1 is 1.00 bits per heavy atom. The first-order chi connectivity index (χ1) is 15.0. The minimum Gasteiger partial charge on any atom is -0.506 e. The second-order valence-corrected chi connectivity index (χ2v) is 6.86. The van der Waals surface area contributed by atoms with Gasteiger partial charge in [-0.2, -0.15) is 0 Å². The molecule has 2 aromatic heterocycles. The van der Waals surface area contributed by atoms with Crippen LogP contribution in [0.5, 0.6) is 17.2 Å². The van der Waals surface area contributed by atoms with Crippen LogP contribution in [0.3, 0.4) is 0 Å². The lowest BCUT2D eigenvalue weighted by atomic mass is 10.0. The van der Waals surface area contributed by atoms with Crippen LogP contribution in [0.2, 0.25) is 0 Å². The number of aromatic hydroxyl groups is 1. The molecule has 0 unspecified atom stereocenters. The Morgan fingerprint density at radius 2 is 1.74 bits per heavy atom. The molecule has 0 aliphatic carbocycles. The minimum absolute atomic E-state index is 0.0935. The van der Waals surface area contributed by atoms with Gasteiger partial charge in [0.15, 0.2) is 22.9 Å². The molecule has 2 heterocycles. The number of carbonyl (C=O) groups is 1. The molecule has 0 saturated carbocycles. The quantitative estimate of drug-likeness (QED) is 0.484. The first-order valence-corrected chi connectivity index (χ1v) is 9.57. The predicted molar refractivity (Wildman–Crippen MR) is 117 cm³/mol. The molecule has 2 aromatic carbocycles. The van der Waals surface area contributed by atoms with Crippen LogP contribution in [-0.2, 0) is 6.42 Å². The van der Waals surface area contributed by atoms with Crippen molar-refractivity contribution in [2.24, 2.45) is 0 Å². The summed E-state index contributed by atoms with van der Waals surface area (Å²) >= 11 is 0. The molecule has 156 valence electrons. The Balaban J connectivity index is 1.86. The molecule has 0 amide bonds. The maximum atomic E-state index is 13.4. The summed E-state index contributed by atoms with van der Waals surface area (Å²) in [5.41, 5.74) is 0.550. The number of methoxy groups -OCH3 is 2. The lowest BCUT2D eigenvalue weighted by Crippen LogP contribution is -2.27. The molecule has 0 radical (unpaired) electrons. The zero-order chi connectivity index (χ0) is 22.0. The van der Waals surface area contributed by atoms with Crippen molar-refractivity contribution in [3.05, 3.63) is 88.3 Å². The molecule has 0 fully saturated rings. The average molecular weight is 416 g/mol. The molecular weight excluding hydrogens is 396 g/mol. The molecule has 0 bridgehead atoms. The summed E-state index contributed by atoms with van der Waals surface area (Å²) in [6.45, 7) is 0. The van der Waals surface area contributed by atoms with Gasteiger partial charge < -0.3 is 14.6 Å². The Labute approximate surface area is 178 Å². The van der Waals surface area contributed by atoms with E-state index in [1.54, 1.807) is 54.6 Å². The minimum atomic E-state index is -0.625. The van der Waals surface area contributed by atoms with Crippen molar-refractivity contribution < 1.29 is 19.4 Å². The number of hydrogen-bond acceptors (Lipinski definition) is 6. The summed E-state index contributed by atoms with van der Waals surface area (Å²) in [5, 5.41) is 11.1. The van der Waals surface area contributed by atoms with Crippen LogP contribution in [0, 0.1) is 0 Å². The maximum absolute atomic E-state index is 13.4. The zero-order valence-corrected chi connectivity index (χ0v) is 17.0. The van der Waals surface area contributed by atoms with Gasteiger partial charge in [-0.05, 0) is 42.0 Å². The number of benzene rings is 2. The topological polar surface area (TPSA) is 90.6 Å². The van der Waals surface area contributed by atoms with Crippen molar-refractivity contribution in [3.63, 3.8) is 0 Å². The van der Waals surface area contributed by atoms with E-state index in [1.165, 1.54) is 25.0 Å². The van der Waals surface area contributed by atoms with E-state index in [2.05, 4.69) is 4.98 Å². The molecule has 7 nitrogen and oxygen atoms in total. The fraction of sp³-hybridized carbons (Fsp3) is 0.125. The van der Waals surface area contributed by atoms with Gasteiger partial charge in [-0.25, -0.2) is 4.98 Å². The highest BCUT2D eigenvalue weighted by atomic mass is 16.5. The van der Waals surface area contributed by atoms with Crippen molar-refractivity contribution in [1.29, 1.82) is 0 Å². The average Bonchev–Trinajstić information content (AvgIpc) is 2.80. The number of pyridine rings is 2. The Bertz CT molecular complexity index is 1330. The van der Waals surface area contributed by atoms with Gasteiger partial charge in [-0.1, -0.05) is 24.3 Å². The number of ketones is 1. The smallest absolute Gasteiger partial charge is 0.271 e. The standard InChI is InChI=1S/C24H20N2O5/c1-30-19-11-10-15(14-20(19)31-2)13-18(27)21-22(28)17-9-6-12-25-23(17)26(24(21)29)16-7-4-3-5-8-16/h3-12,14,28H,13H2,1-2H3. The summed E-state index contributed by atoms with van der Waals surface area (Å²) in [4.78, 5) is 30.8. The predicted octanol–water partition coefficient (Wildman–Crippen LogP) is 3.53. The summed E-state index contributed by atoms with van der Waals surface area (Å²) in [7, 11) is 3.03. The van der Waals surface area contributed by atoms with E-state index in [4.69, 9.17) is 9.47 Å². The van der Waals surface area contributed by atoms with Crippen LogP contribution < -0.4 is 15.0 Å². The molecule has 4 rings (SSSR count). The lowest BCUT2D eigenvalue weighted by Gasteiger charge is -2.14. The highest BCUT2D eigenvalue weighted by Gasteiger charge is 2.24. The van der Waals surface area contributed by atoms with Gasteiger partial charge in [0, 0.05) is 12.6 Å². The molecule has 1 N–H and O–H groups in total. The Kier molecular flexibility index (Phi) is 5.41. The van der Waals surface area contributed by atoms with Gasteiger partial charge >= 0.3 is 0 Å². The number of aromatic nitrogens is 2. The van der Waals surface area contributed by atoms with Crippen molar-refractivity contribution in [1.82, 2.24) is 9.55 Å². The summed E-state index contributed by atoms with van der Waals surface area (Å²) in [6, 6.07) is 17.2. The van der Waals surface area contributed by atoms with E-state index in [0.717, 1.165) is 0 Å². The number of rotatable bonds is 6. The third-order valence-electron chi connectivity index (χ3n) is 5.01. The first kappa shape index (κ1) is 20.2. The van der Waals surface area contributed by atoms with Crippen LogP contribution >= 0.6 is 0 Å². The normalized spacial score (nSPS) is 10.8. The summed E-state index contributed by atoms with van der Waals surface area (Å²) in [6.07, 6.45) is 1.44. The highest BCUT2D eigenvalue weighted by Crippen LogP contribution is 2.30. The van der Waals surface area contributed by atoms with E-state index in [1.807, 2.05) is 6.07 Å². The van der Waals surface area contributed by atoms with Gasteiger partial charge in [-0.15, -0.1) is 0 Å². The summed E-state index contributed by atoms with van der Waals surface area (Å²) < 4.78 is 11.9. The molecule has 31 heavy (non-hydrogen) atoms. The second-order valence-electron chi connectivity index (χ2n) is 6.86. The van der Waals surface area contributed by atoms with E-state index in [-0.39, 0.29) is 23.4 Å². The number of carbonyl (C=O) groups excluding carboxylic acids is 1. The first-order valence-electron chi connectivity index (χ1n) is 9.57. The van der Waals surface area contributed by atoms with Crippen LogP contribution in [0.1, 0.15) is 15.9 Å². The largest absolute Gasteiger partial charge is 0.506 e. The molecule has 0 aliphatic rings. The van der Waals surface area contributed by atoms with E-state index >= 15 is 0 Å². The Morgan fingerprint density at radius 3 is 2.45 bits per heavy atom. The van der Waals surface area contributed by atoms with Crippen molar-refractivity contribution in [2.75, 3.05) is 14.2 Å². The van der Waals surface area contributed by atoms with Gasteiger partial charge in [0.2, 0.25) is 0 Å². The van der Waals surface area contributed by atoms with Gasteiger partial charge in [0.1, 0.15) is 11.3 Å². The van der Waals surface area contributed by atoms with E-state index < -0.39 is 11.3 Å². The number of nitrogens with zero attached hydrogens (tertiary/aromatic N) is 2. The molecule has 0 atom stereocenters. The number of para-hydroxylation sites is 1. The number of ether oxygens (including phenoxy) is 2. The number of fused-ring (bicyclic) bond motifs is 1. The molecule has 0 spiro atoms. The fourth-order valence-corrected chi connectivity index (χ4v) is 3.54. The number of hydrogen-bond donors (Lipinski definition) is 1. The van der Waals surface area contributed by atoms with Gasteiger partial charge in [0.25, 0.3) is 5.56 Å².